The van der Waals surface area contributed by atoms with Gasteiger partial charge in [0.15, 0.2) is 0 Å². The Hall–Kier alpha value is -1.83. The Morgan fingerprint density at radius 2 is 1.96 bits per heavy atom. The number of methoxy groups -OCH3 is 1. The number of para-hydroxylation sites is 1. The number of halogens is 1. The zero-order chi connectivity index (χ0) is 16.6. The number of hydrogen-bond donors (Lipinski definition) is 1. The van der Waals surface area contributed by atoms with Crippen molar-refractivity contribution in [1.82, 2.24) is 3.97 Å². The SMILES string of the molecule is COc1cc(Br)ccc1S(=O)(=O)n1cc(CO)c2ccccc21. The Morgan fingerprint density at radius 3 is 2.65 bits per heavy atom. The highest BCUT2D eigenvalue weighted by atomic mass is 79.9. The van der Waals surface area contributed by atoms with Crippen LogP contribution in [0.3, 0.4) is 0 Å². The van der Waals surface area contributed by atoms with Crippen LogP contribution in [0.2, 0.25) is 0 Å². The average molecular weight is 396 g/mol. The predicted molar refractivity (Wildman–Crippen MR) is 91.1 cm³/mol. The fourth-order valence-electron chi connectivity index (χ4n) is 2.50. The molecule has 3 aromatic rings. The molecule has 1 N–H and O–H groups in total. The molecule has 1 heterocycles. The molecular weight excluding hydrogens is 382 g/mol. The number of aliphatic hydroxyl groups is 1. The number of fused-ring (bicyclic) bond motifs is 1. The van der Waals surface area contributed by atoms with Crippen LogP contribution < -0.4 is 4.74 Å². The number of aliphatic hydroxyl groups excluding tert-OH is 1. The van der Waals surface area contributed by atoms with Gasteiger partial charge in [-0.3, -0.25) is 0 Å². The van der Waals surface area contributed by atoms with E-state index in [1.807, 2.05) is 0 Å². The van der Waals surface area contributed by atoms with E-state index in [4.69, 9.17) is 4.74 Å². The quantitative estimate of drug-likeness (QED) is 0.736. The van der Waals surface area contributed by atoms with Crippen molar-refractivity contribution in [3.8, 4) is 5.75 Å². The number of aromatic nitrogens is 1. The smallest absolute Gasteiger partial charge is 0.271 e. The van der Waals surface area contributed by atoms with Crippen molar-refractivity contribution in [1.29, 1.82) is 0 Å². The molecule has 0 unspecified atom stereocenters. The van der Waals surface area contributed by atoms with E-state index in [0.717, 1.165) is 4.47 Å². The van der Waals surface area contributed by atoms with Crippen LogP contribution in [0, 0.1) is 0 Å². The molecule has 0 saturated carbocycles. The molecule has 0 radical (unpaired) electrons. The molecular formula is C16H14BrNO4S. The highest BCUT2D eigenvalue weighted by molar-refractivity contribution is 9.10. The van der Waals surface area contributed by atoms with Crippen LogP contribution in [0.5, 0.6) is 5.75 Å². The fraction of sp³-hybridized carbons (Fsp3) is 0.125. The van der Waals surface area contributed by atoms with Crippen molar-refractivity contribution >= 4 is 36.9 Å². The fourth-order valence-corrected chi connectivity index (χ4v) is 4.38. The van der Waals surface area contributed by atoms with E-state index in [-0.39, 0.29) is 17.3 Å². The first kappa shape index (κ1) is 16.0. The highest BCUT2D eigenvalue weighted by Gasteiger charge is 2.24. The van der Waals surface area contributed by atoms with Gasteiger partial charge in [0.05, 0.1) is 19.2 Å². The molecule has 0 spiro atoms. The molecule has 0 aliphatic rings. The van der Waals surface area contributed by atoms with Crippen LogP contribution in [0.25, 0.3) is 10.9 Å². The zero-order valence-electron chi connectivity index (χ0n) is 12.2. The van der Waals surface area contributed by atoms with Gasteiger partial charge in [0.25, 0.3) is 10.0 Å². The number of rotatable bonds is 4. The van der Waals surface area contributed by atoms with Gasteiger partial charge in [-0.15, -0.1) is 0 Å². The normalized spacial score (nSPS) is 11.8. The van der Waals surface area contributed by atoms with Crippen molar-refractivity contribution in [2.75, 3.05) is 7.11 Å². The first-order valence-electron chi connectivity index (χ1n) is 6.78. The molecule has 7 heteroatoms. The summed E-state index contributed by atoms with van der Waals surface area (Å²) in [6.07, 6.45) is 1.45. The minimum absolute atomic E-state index is 0.0634. The maximum atomic E-state index is 13.1. The first-order valence-corrected chi connectivity index (χ1v) is 9.01. The van der Waals surface area contributed by atoms with Gasteiger partial charge in [0.2, 0.25) is 0 Å². The number of nitrogens with zero attached hydrogens (tertiary/aromatic N) is 1. The summed E-state index contributed by atoms with van der Waals surface area (Å²) in [6, 6.07) is 11.8. The molecule has 0 fully saturated rings. The summed E-state index contributed by atoms with van der Waals surface area (Å²) in [5.74, 6) is 0.253. The summed E-state index contributed by atoms with van der Waals surface area (Å²) < 4.78 is 33.2. The largest absolute Gasteiger partial charge is 0.495 e. The van der Waals surface area contributed by atoms with E-state index in [1.54, 1.807) is 36.4 Å². The molecule has 5 nitrogen and oxygen atoms in total. The molecule has 0 aliphatic carbocycles. The minimum Gasteiger partial charge on any atom is -0.495 e. The third-order valence-corrected chi connectivity index (χ3v) is 5.80. The van der Waals surface area contributed by atoms with Gasteiger partial charge in [-0.25, -0.2) is 12.4 Å². The van der Waals surface area contributed by atoms with Gasteiger partial charge in [-0.05, 0) is 24.3 Å². The van der Waals surface area contributed by atoms with Crippen LogP contribution in [-0.4, -0.2) is 24.6 Å². The maximum absolute atomic E-state index is 13.1. The standard InChI is InChI=1S/C16H14BrNO4S/c1-22-15-8-12(17)6-7-16(15)23(20,21)18-9-11(10-19)13-4-2-3-5-14(13)18/h2-9,19H,10H2,1H3. The van der Waals surface area contributed by atoms with Crippen molar-refractivity contribution < 1.29 is 18.3 Å². The zero-order valence-corrected chi connectivity index (χ0v) is 14.6. The average Bonchev–Trinajstić information content (AvgIpc) is 2.94. The molecule has 0 saturated heterocycles. The highest BCUT2D eigenvalue weighted by Crippen LogP contribution is 2.32. The monoisotopic (exact) mass is 395 g/mol. The molecule has 120 valence electrons. The molecule has 0 bridgehead atoms. The van der Waals surface area contributed by atoms with Crippen LogP contribution >= 0.6 is 15.9 Å². The van der Waals surface area contributed by atoms with E-state index in [0.29, 0.717) is 16.5 Å². The van der Waals surface area contributed by atoms with E-state index < -0.39 is 10.0 Å². The summed E-state index contributed by atoms with van der Waals surface area (Å²) in [5, 5.41) is 10.2. The van der Waals surface area contributed by atoms with Gasteiger partial charge in [0.1, 0.15) is 10.6 Å². The summed E-state index contributed by atoms with van der Waals surface area (Å²) in [5.41, 5.74) is 1.07. The van der Waals surface area contributed by atoms with Crippen LogP contribution in [0.15, 0.2) is 58.0 Å². The van der Waals surface area contributed by atoms with Gasteiger partial charge in [-0.2, -0.15) is 0 Å². The van der Waals surface area contributed by atoms with Crippen molar-refractivity contribution in [3.05, 3.63) is 58.7 Å². The Kier molecular flexibility index (Phi) is 4.18. The first-order chi connectivity index (χ1) is 11.0. The van der Waals surface area contributed by atoms with Crippen LogP contribution in [0.4, 0.5) is 0 Å². The summed E-state index contributed by atoms with van der Waals surface area (Å²) in [4.78, 5) is 0.0634. The molecule has 23 heavy (non-hydrogen) atoms. The lowest BCUT2D eigenvalue weighted by Crippen LogP contribution is -2.13. The van der Waals surface area contributed by atoms with Crippen LogP contribution in [0.1, 0.15) is 5.56 Å². The molecule has 0 aliphatic heterocycles. The van der Waals surface area contributed by atoms with Gasteiger partial charge in [0, 0.05) is 21.6 Å². The Bertz CT molecular complexity index is 979. The van der Waals surface area contributed by atoms with Crippen LogP contribution in [-0.2, 0) is 16.6 Å². The maximum Gasteiger partial charge on any atom is 0.271 e. The minimum atomic E-state index is -3.85. The van der Waals surface area contributed by atoms with Gasteiger partial charge < -0.3 is 9.84 Å². The predicted octanol–water partition coefficient (Wildman–Crippen LogP) is 3.14. The third-order valence-electron chi connectivity index (χ3n) is 3.59. The second-order valence-corrected chi connectivity index (χ2v) is 7.62. The lowest BCUT2D eigenvalue weighted by molar-refractivity contribution is 0.283. The summed E-state index contributed by atoms with van der Waals surface area (Å²) in [6.45, 7) is -0.236. The van der Waals surface area contributed by atoms with E-state index in [9.17, 15) is 13.5 Å². The van der Waals surface area contributed by atoms with E-state index >= 15 is 0 Å². The Labute approximate surface area is 142 Å². The molecule has 1 aromatic heterocycles. The Balaban J connectivity index is 2.30. The van der Waals surface area contributed by atoms with E-state index in [1.165, 1.54) is 23.3 Å². The number of benzene rings is 2. The van der Waals surface area contributed by atoms with Crippen molar-refractivity contribution in [3.63, 3.8) is 0 Å². The van der Waals surface area contributed by atoms with Crippen molar-refractivity contribution in [2.45, 2.75) is 11.5 Å². The summed E-state index contributed by atoms with van der Waals surface area (Å²) >= 11 is 3.30. The number of hydrogen-bond acceptors (Lipinski definition) is 4. The lowest BCUT2D eigenvalue weighted by atomic mass is 10.2. The summed E-state index contributed by atoms with van der Waals surface area (Å²) in [7, 11) is -2.43. The lowest BCUT2D eigenvalue weighted by Gasteiger charge is -2.11. The molecule has 0 atom stereocenters. The topological polar surface area (TPSA) is 68.5 Å². The molecule has 2 aromatic carbocycles. The Morgan fingerprint density at radius 1 is 1.22 bits per heavy atom. The van der Waals surface area contributed by atoms with Gasteiger partial charge in [-0.1, -0.05) is 34.1 Å². The van der Waals surface area contributed by atoms with Gasteiger partial charge >= 0.3 is 0 Å². The second kappa shape index (κ2) is 5.99. The third kappa shape index (κ3) is 2.65. The van der Waals surface area contributed by atoms with Crippen molar-refractivity contribution in [2.24, 2.45) is 0 Å². The number of ether oxygens (including phenoxy) is 1. The van der Waals surface area contributed by atoms with E-state index in [2.05, 4.69) is 15.9 Å². The molecule has 3 rings (SSSR count). The molecule has 0 amide bonds. The second-order valence-electron chi connectivity index (χ2n) is 4.93.